The lowest BCUT2D eigenvalue weighted by Gasteiger charge is -2.07. The molecule has 1 rings (SSSR count). The van der Waals surface area contributed by atoms with Gasteiger partial charge in [-0.3, -0.25) is 0 Å². The van der Waals surface area contributed by atoms with E-state index in [4.69, 9.17) is 15.2 Å². The highest BCUT2D eigenvalue weighted by Crippen LogP contribution is 2.11. The first-order valence-corrected chi connectivity index (χ1v) is 5.50. The van der Waals surface area contributed by atoms with E-state index in [0.29, 0.717) is 19.6 Å². The predicted octanol–water partition coefficient (Wildman–Crippen LogP) is 2.20. The minimum Gasteiger partial charge on any atom is -0.494 e. The Hall–Kier alpha value is -1.20. The highest BCUT2D eigenvalue weighted by Gasteiger charge is 2.01. The molecule has 0 atom stereocenters. The van der Waals surface area contributed by atoms with Crippen LogP contribution in [0.2, 0.25) is 0 Å². The Balaban J connectivity index is 2.09. The van der Waals surface area contributed by atoms with Crippen LogP contribution in [0.3, 0.4) is 0 Å². The second-order valence-electron chi connectivity index (χ2n) is 3.52. The van der Waals surface area contributed by atoms with Gasteiger partial charge in [0.25, 0.3) is 6.43 Å². The average molecular weight is 245 g/mol. The summed E-state index contributed by atoms with van der Waals surface area (Å²) in [6.07, 6.45) is -1.81. The van der Waals surface area contributed by atoms with Crippen LogP contribution in [0.4, 0.5) is 8.78 Å². The molecule has 0 spiro atoms. The summed E-state index contributed by atoms with van der Waals surface area (Å²) in [4.78, 5) is 0. The molecule has 2 N–H and O–H groups in total. The van der Waals surface area contributed by atoms with Crippen molar-refractivity contribution in [3.63, 3.8) is 0 Å². The van der Waals surface area contributed by atoms with Gasteiger partial charge in [0.05, 0.1) is 13.2 Å². The molecule has 0 saturated carbocycles. The number of hydrogen-bond acceptors (Lipinski definition) is 3. The molecule has 1 aromatic rings. The summed E-state index contributed by atoms with van der Waals surface area (Å²) < 4.78 is 33.6. The number of halogens is 2. The Kier molecular flexibility index (Phi) is 6.50. The van der Waals surface area contributed by atoms with E-state index in [-0.39, 0.29) is 6.61 Å². The Morgan fingerprint density at radius 3 is 2.41 bits per heavy atom. The molecule has 0 bridgehead atoms. The van der Waals surface area contributed by atoms with Gasteiger partial charge in [-0.25, -0.2) is 8.78 Å². The summed E-state index contributed by atoms with van der Waals surface area (Å²) in [6.45, 7) is 0.726. The second-order valence-corrected chi connectivity index (χ2v) is 3.52. The fourth-order valence-electron chi connectivity index (χ4n) is 1.25. The third kappa shape index (κ3) is 6.19. The molecule has 0 radical (unpaired) electrons. The first-order chi connectivity index (χ1) is 8.22. The fraction of sp³-hybridized carbons (Fsp3) is 0.500. The maximum atomic E-state index is 11.7. The predicted molar refractivity (Wildman–Crippen MR) is 61.3 cm³/mol. The Morgan fingerprint density at radius 1 is 1.12 bits per heavy atom. The number of alkyl halides is 2. The highest BCUT2D eigenvalue weighted by molar-refractivity contribution is 5.26. The van der Waals surface area contributed by atoms with Crippen molar-refractivity contribution in [3.8, 4) is 5.75 Å². The third-order valence-corrected chi connectivity index (χ3v) is 2.10. The van der Waals surface area contributed by atoms with Gasteiger partial charge in [-0.2, -0.15) is 0 Å². The van der Waals surface area contributed by atoms with Crippen molar-refractivity contribution in [1.29, 1.82) is 0 Å². The van der Waals surface area contributed by atoms with Gasteiger partial charge in [0.15, 0.2) is 0 Å². The maximum Gasteiger partial charge on any atom is 0.261 e. The molecule has 96 valence electrons. The summed E-state index contributed by atoms with van der Waals surface area (Å²) >= 11 is 0. The number of nitrogens with two attached hydrogens (primary N) is 1. The summed E-state index contributed by atoms with van der Waals surface area (Å²) in [6, 6.07) is 7.45. The summed E-state index contributed by atoms with van der Waals surface area (Å²) in [5.74, 6) is 0.746. The van der Waals surface area contributed by atoms with E-state index in [1.807, 2.05) is 24.3 Å². The molecule has 1 aromatic carbocycles. The van der Waals surface area contributed by atoms with Gasteiger partial charge >= 0.3 is 0 Å². The van der Waals surface area contributed by atoms with Crippen LogP contribution in [-0.4, -0.2) is 26.2 Å². The van der Waals surface area contributed by atoms with Crippen LogP contribution in [0.1, 0.15) is 12.0 Å². The van der Waals surface area contributed by atoms with E-state index in [9.17, 15) is 8.78 Å². The zero-order valence-corrected chi connectivity index (χ0v) is 9.57. The van der Waals surface area contributed by atoms with Crippen LogP contribution >= 0.6 is 0 Å². The molecule has 0 amide bonds. The van der Waals surface area contributed by atoms with E-state index >= 15 is 0 Å². The van der Waals surface area contributed by atoms with Gasteiger partial charge in [0.1, 0.15) is 12.4 Å². The summed E-state index contributed by atoms with van der Waals surface area (Å²) in [5.41, 5.74) is 6.50. The van der Waals surface area contributed by atoms with E-state index in [1.165, 1.54) is 0 Å². The average Bonchev–Trinajstić information content (AvgIpc) is 2.34. The lowest BCUT2D eigenvalue weighted by molar-refractivity contribution is 0.0139. The number of hydrogen-bond donors (Lipinski definition) is 1. The molecule has 0 fully saturated rings. The molecular formula is C12H17F2NO2. The maximum absolute atomic E-state index is 11.7. The normalized spacial score (nSPS) is 10.8. The SMILES string of the molecule is NCc1ccc(OCCCOCC(F)F)cc1. The van der Waals surface area contributed by atoms with Crippen LogP contribution in [-0.2, 0) is 11.3 Å². The molecule has 0 saturated heterocycles. The van der Waals surface area contributed by atoms with Crippen molar-refractivity contribution in [2.24, 2.45) is 5.73 Å². The molecular weight excluding hydrogens is 228 g/mol. The van der Waals surface area contributed by atoms with E-state index in [0.717, 1.165) is 11.3 Å². The Labute approximate surface area is 99.5 Å². The van der Waals surface area contributed by atoms with Crippen LogP contribution < -0.4 is 10.5 Å². The Bertz CT molecular complexity index is 304. The minimum absolute atomic E-state index is 0.283. The lowest BCUT2D eigenvalue weighted by Crippen LogP contribution is -2.08. The zero-order valence-electron chi connectivity index (χ0n) is 9.57. The van der Waals surface area contributed by atoms with Crippen molar-refractivity contribution >= 4 is 0 Å². The number of ether oxygens (including phenoxy) is 2. The molecule has 5 heteroatoms. The molecule has 0 aliphatic rings. The van der Waals surface area contributed by atoms with Gasteiger partial charge in [-0.05, 0) is 17.7 Å². The third-order valence-electron chi connectivity index (χ3n) is 2.10. The molecule has 0 unspecified atom stereocenters. The molecule has 0 aliphatic carbocycles. The van der Waals surface area contributed by atoms with Gasteiger partial charge < -0.3 is 15.2 Å². The first-order valence-electron chi connectivity index (χ1n) is 5.50. The second kappa shape index (κ2) is 7.97. The molecule has 0 aromatic heterocycles. The fourth-order valence-corrected chi connectivity index (χ4v) is 1.25. The number of benzene rings is 1. The van der Waals surface area contributed by atoms with E-state index < -0.39 is 13.0 Å². The van der Waals surface area contributed by atoms with E-state index in [2.05, 4.69) is 0 Å². The van der Waals surface area contributed by atoms with Crippen molar-refractivity contribution < 1.29 is 18.3 Å². The van der Waals surface area contributed by atoms with E-state index in [1.54, 1.807) is 0 Å². The van der Waals surface area contributed by atoms with Gasteiger partial charge in [-0.15, -0.1) is 0 Å². The first kappa shape index (κ1) is 13.9. The number of rotatable bonds is 8. The van der Waals surface area contributed by atoms with Crippen LogP contribution in [0.5, 0.6) is 5.75 Å². The van der Waals surface area contributed by atoms with Crippen LogP contribution in [0, 0.1) is 0 Å². The monoisotopic (exact) mass is 245 g/mol. The van der Waals surface area contributed by atoms with Gasteiger partial charge in [-0.1, -0.05) is 12.1 Å². The standard InChI is InChI=1S/C12H17F2NO2/c13-12(14)9-16-6-1-7-17-11-4-2-10(8-15)3-5-11/h2-5,12H,1,6-9,15H2. The van der Waals surface area contributed by atoms with Crippen molar-refractivity contribution in [1.82, 2.24) is 0 Å². The van der Waals surface area contributed by atoms with Crippen molar-refractivity contribution in [3.05, 3.63) is 29.8 Å². The molecule has 0 aliphatic heterocycles. The van der Waals surface area contributed by atoms with Crippen LogP contribution in [0.15, 0.2) is 24.3 Å². The largest absolute Gasteiger partial charge is 0.494 e. The summed E-state index contributed by atoms with van der Waals surface area (Å²) in [5, 5.41) is 0. The smallest absolute Gasteiger partial charge is 0.261 e. The minimum atomic E-state index is -2.40. The lowest BCUT2D eigenvalue weighted by atomic mass is 10.2. The van der Waals surface area contributed by atoms with Crippen LogP contribution in [0.25, 0.3) is 0 Å². The topological polar surface area (TPSA) is 44.5 Å². The molecule has 17 heavy (non-hydrogen) atoms. The van der Waals surface area contributed by atoms with Gasteiger partial charge in [0, 0.05) is 13.0 Å². The van der Waals surface area contributed by atoms with Crippen molar-refractivity contribution in [2.75, 3.05) is 19.8 Å². The van der Waals surface area contributed by atoms with Gasteiger partial charge in [0.2, 0.25) is 0 Å². The zero-order chi connectivity index (χ0) is 12.5. The molecule has 3 nitrogen and oxygen atoms in total. The Morgan fingerprint density at radius 2 is 1.82 bits per heavy atom. The molecule has 0 heterocycles. The quantitative estimate of drug-likeness (QED) is 0.714. The van der Waals surface area contributed by atoms with Crippen molar-refractivity contribution in [2.45, 2.75) is 19.4 Å². The summed E-state index contributed by atoms with van der Waals surface area (Å²) in [7, 11) is 0. The highest BCUT2D eigenvalue weighted by atomic mass is 19.3.